The van der Waals surface area contributed by atoms with Gasteiger partial charge in [-0.15, -0.1) is 0 Å². The third-order valence-corrected chi connectivity index (χ3v) is 3.84. The van der Waals surface area contributed by atoms with E-state index >= 15 is 0 Å². The minimum absolute atomic E-state index is 0.706. The average Bonchev–Trinajstić information content (AvgIpc) is 2.69. The van der Waals surface area contributed by atoms with Crippen molar-refractivity contribution < 1.29 is 0 Å². The quantitative estimate of drug-likeness (QED) is 0.423. The normalized spacial score (nSPS) is 11.5. The van der Waals surface area contributed by atoms with Gasteiger partial charge in [0.1, 0.15) is 0 Å². The molecule has 130 valence electrons. The summed E-state index contributed by atoms with van der Waals surface area (Å²) in [6.07, 6.45) is 1.79. The van der Waals surface area contributed by atoms with Gasteiger partial charge in [-0.05, 0) is 29.8 Å². The molecule has 0 fully saturated rings. The number of aliphatic imine (C=N–C) groups is 1. The van der Waals surface area contributed by atoms with E-state index in [2.05, 4.69) is 32.6 Å². The molecule has 0 aromatic heterocycles. The Hall–Kier alpha value is -3.40. The van der Waals surface area contributed by atoms with Crippen molar-refractivity contribution in [2.45, 2.75) is 0 Å². The van der Waals surface area contributed by atoms with E-state index in [0.29, 0.717) is 5.84 Å². The first-order valence-corrected chi connectivity index (χ1v) is 8.48. The standard InChI is InChI=1S/C22H22N4/c1-26(2)21-15-13-18(14-16-21)17-23-25-22(19-9-5-3-6-10-19)24-20-11-7-4-8-12-20/h3-17H,1-2H3,(H,24,25)/b23-17+. The summed E-state index contributed by atoms with van der Waals surface area (Å²) in [5, 5.41) is 4.37. The van der Waals surface area contributed by atoms with E-state index in [-0.39, 0.29) is 0 Å². The minimum atomic E-state index is 0.706. The van der Waals surface area contributed by atoms with Crippen molar-refractivity contribution in [2.24, 2.45) is 10.1 Å². The minimum Gasteiger partial charge on any atom is -0.378 e. The van der Waals surface area contributed by atoms with E-state index in [1.54, 1.807) is 6.21 Å². The molecule has 26 heavy (non-hydrogen) atoms. The van der Waals surface area contributed by atoms with Crippen molar-refractivity contribution in [3.05, 3.63) is 96.1 Å². The number of para-hydroxylation sites is 1. The van der Waals surface area contributed by atoms with Crippen LogP contribution in [0, 0.1) is 0 Å². The van der Waals surface area contributed by atoms with E-state index in [1.807, 2.05) is 86.9 Å². The Morgan fingerprint density at radius 2 is 1.42 bits per heavy atom. The molecule has 0 radical (unpaired) electrons. The van der Waals surface area contributed by atoms with Crippen molar-refractivity contribution in [2.75, 3.05) is 19.0 Å². The summed E-state index contributed by atoms with van der Waals surface area (Å²) in [4.78, 5) is 6.75. The molecule has 0 aliphatic carbocycles. The highest BCUT2D eigenvalue weighted by Crippen LogP contribution is 2.13. The lowest BCUT2D eigenvalue weighted by Crippen LogP contribution is -2.18. The fraction of sp³-hybridized carbons (Fsp3) is 0.0909. The summed E-state index contributed by atoms with van der Waals surface area (Å²) in [6.45, 7) is 0. The monoisotopic (exact) mass is 342 g/mol. The molecule has 4 heteroatoms. The van der Waals surface area contributed by atoms with Crippen LogP contribution in [0.3, 0.4) is 0 Å². The summed E-state index contributed by atoms with van der Waals surface area (Å²) in [7, 11) is 4.05. The van der Waals surface area contributed by atoms with Crippen molar-refractivity contribution >= 4 is 23.4 Å². The van der Waals surface area contributed by atoms with Crippen LogP contribution in [0.25, 0.3) is 0 Å². The van der Waals surface area contributed by atoms with Crippen LogP contribution in [0.2, 0.25) is 0 Å². The SMILES string of the molecule is CN(C)c1ccc(/C=N/NC(=Nc2ccccc2)c2ccccc2)cc1. The van der Waals surface area contributed by atoms with Crippen LogP contribution in [0.1, 0.15) is 11.1 Å². The number of anilines is 1. The molecule has 3 rings (SSSR count). The zero-order valence-electron chi connectivity index (χ0n) is 15.0. The van der Waals surface area contributed by atoms with Crippen LogP contribution in [0.4, 0.5) is 11.4 Å². The number of nitrogens with one attached hydrogen (secondary N) is 1. The number of nitrogens with zero attached hydrogens (tertiary/aromatic N) is 3. The van der Waals surface area contributed by atoms with Crippen LogP contribution < -0.4 is 10.3 Å². The predicted octanol–water partition coefficient (Wildman–Crippen LogP) is 4.45. The zero-order valence-corrected chi connectivity index (χ0v) is 15.0. The highest BCUT2D eigenvalue weighted by atomic mass is 15.3. The Bertz CT molecular complexity index is 867. The second-order valence-electron chi connectivity index (χ2n) is 6.02. The lowest BCUT2D eigenvalue weighted by molar-refractivity contribution is 1.03. The summed E-state index contributed by atoms with van der Waals surface area (Å²) in [6, 6.07) is 28.0. The average molecular weight is 342 g/mol. The van der Waals surface area contributed by atoms with Gasteiger partial charge in [0.2, 0.25) is 0 Å². The number of hydrazone groups is 1. The molecule has 0 bridgehead atoms. The maximum atomic E-state index is 4.68. The van der Waals surface area contributed by atoms with Gasteiger partial charge in [0.15, 0.2) is 5.84 Å². The molecule has 0 aliphatic rings. The molecular formula is C22H22N4. The molecule has 4 nitrogen and oxygen atoms in total. The van der Waals surface area contributed by atoms with E-state index < -0.39 is 0 Å². The Labute approximate surface area is 154 Å². The second-order valence-corrected chi connectivity index (χ2v) is 6.02. The van der Waals surface area contributed by atoms with E-state index in [9.17, 15) is 0 Å². The maximum absolute atomic E-state index is 4.68. The molecule has 0 unspecified atom stereocenters. The van der Waals surface area contributed by atoms with E-state index in [1.165, 1.54) is 0 Å². The van der Waals surface area contributed by atoms with E-state index in [4.69, 9.17) is 0 Å². The Morgan fingerprint density at radius 1 is 0.808 bits per heavy atom. The number of benzene rings is 3. The third-order valence-electron chi connectivity index (χ3n) is 3.84. The number of amidine groups is 1. The van der Waals surface area contributed by atoms with Crippen LogP contribution in [0.15, 0.2) is 95.0 Å². The highest BCUT2D eigenvalue weighted by molar-refractivity contribution is 6.00. The smallest absolute Gasteiger partial charge is 0.154 e. The summed E-state index contributed by atoms with van der Waals surface area (Å²) in [5.41, 5.74) is 7.12. The lowest BCUT2D eigenvalue weighted by atomic mass is 10.2. The fourth-order valence-electron chi connectivity index (χ4n) is 2.41. The number of hydrogen-bond donors (Lipinski definition) is 1. The van der Waals surface area contributed by atoms with Crippen LogP contribution in [-0.2, 0) is 0 Å². The summed E-state index contributed by atoms with van der Waals surface area (Å²) < 4.78 is 0. The van der Waals surface area contributed by atoms with Gasteiger partial charge in [0, 0.05) is 25.3 Å². The molecular weight excluding hydrogens is 320 g/mol. The van der Waals surface area contributed by atoms with Gasteiger partial charge in [-0.3, -0.25) is 5.43 Å². The Balaban J connectivity index is 1.79. The van der Waals surface area contributed by atoms with Gasteiger partial charge in [-0.25, -0.2) is 4.99 Å². The molecule has 0 saturated heterocycles. The van der Waals surface area contributed by atoms with Crippen LogP contribution in [-0.4, -0.2) is 26.1 Å². The number of hydrogen-bond acceptors (Lipinski definition) is 3. The maximum Gasteiger partial charge on any atom is 0.154 e. The van der Waals surface area contributed by atoms with Crippen molar-refractivity contribution in [3.63, 3.8) is 0 Å². The first-order valence-electron chi connectivity index (χ1n) is 8.48. The fourth-order valence-corrected chi connectivity index (χ4v) is 2.41. The molecule has 3 aromatic carbocycles. The van der Waals surface area contributed by atoms with Crippen molar-refractivity contribution in [1.29, 1.82) is 0 Å². The molecule has 0 amide bonds. The van der Waals surface area contributed by atoms with Gasteiger partial charge in [0.05, 0.1) is 11.9 Å². The Morgan fingerprint density at radius 3 is 2.04 bits per heavy atom. The Kier molecular flexibility index (Phi) is 5.78. The van der Waals surface area contributed by atoms with Crippen molar-refractivity contribution in [3.8, 4) is 0 Å². The lowest BCUT2D eigenvalue weighted by Gasteiger charge is -2.11. The first-order chi connectivity index (χ1) is 12.7. The van der Waals surface area contributed by atoms with E-state index in [0.717, 1.165) is 22.5 Å². The summed E-state index contributed by atoms with van der Waals surface area (Å²) >= 11 is 0. The molecule has 0 spiro atoms. The van der Waals surface area contributed by atoms with Gasteiger partial charge in [0.25, 0.3) is 0 Å². The van der Waals surface area contributed by atoms with Crippen LogP contribution in [0.5, 0.6) is 0 Å². The first kappa shape index (κ1) is 17.4. The van der Waals surface area contributed by atoms with Gasteiger partial charge >= 0.3 is 0 Å². The van der Waals surface area contributed by atoms with Crippen molar-refractivity contribution in [1.82, 2.24) is 5.43 Å². The predicted molar refractivity (Wildman–Crippen MR) is 111 cm³/mol. The molecule has 1 N–H and O–H groups in total. The summed E-state index contributed by atoms with van der Waals surface area (Å²) in [5.74, 6) is 0.706. The largest absolute Gasteiger partial charge is 0.378 e. The van der Waals surface area contributed by atoms with Gasteiger partial charge < -0.3 is 4.90 Å². The second kappa shape index (κ2) is 8.62. The zero-order chi connectivity index (χ0) is 18.2. The number of rotatable bonds is 5. The highest BCUT2D eigenvalue weighted by Gasteiger charge is 2.02. The molecule has 0 aliphatic heterocycles. The van der Waals surface area contributed by atoms with Gasteiger partial charge in [-0.1, -0.05) is 60.7 Å². The molecule has 0 atom stereocenters. The molecule has 3 aromatic rings. The van der Waals surface area contributed by atoms with Gasteiger partial charge in [-0.2, -0.15) is 5.10 Å². The molecule has 0 heterocycles. The van der Waals surface area contributed by atoms with Crippen LogP contribution >= 0.6 is 0 Å². The topological polar surface area (TPSA) is 40.0 Å². The molecule has 0 saturated carbocycles. The third kappa shape index (κ3) is 4.80.